The zero-order valence-electron chi connectivity index (χ0n) is 19.8. The molecule has 0 aromatic heterocycles. The number of rotatable bonds is 11. The topological polar surface area (TPSA) is 104 Å². The van der Waals surface area contributed by atoms with Crippen LogP contribution in [-0.2, 0) is 22.6 Å². The van der Waals surface area contributed by atoms with Crippen molar-refractivity contribution in [1.29, 1.82) is 0 Å². The second-order valence-electron chi connectivity index (χ2n) is 8.72. The number of amides is 2. The second-order valence-corrected chi connectivity index (χ2v) is 8.72. The highest BCUT2D eigenvalue weighted by atomic mass is 19.1. The van der Waals surface area contributed by atoms with Crippen LogP contribution in [0.25, 0.3) is 0 Å². The average Bonchev–Trinajstić information content (AvgIpc) is 2.91. The molecule has 2 aromatic carbocycles. The Morgan fingerprint density at radius 1 is 1.09 bits per heavy atom. The summed E-state index contributed by atoms with van der Waals surface area (Å²) < 4.78 is 27.8. The van der Waals surface area contributed by atoms with Gasteiger partial charge in [-0.15, -0.1) is 0 Å². The molecule has 1 aliphatic rings. The Kier molecular flexibility index (Phi) is 8.92. The van der Waals surface area contributed by atoms with Crippen molar-refractivity contribution in [3.63, 3.8) is 0 Å². The average molecular weight is 488 g/mol. The molecule has 0 saturated heterocycles. The fourth-order valence-corrected chi connectivity index (χ4v) is 4.34. The van der Waals surface area contributed by atoms with Gasteiger partial charge in [0.05, 0.1) is 17.8 Å². The third-order valence-electron chi connectivity index (χ3n) is 6.26. The Balaban J connectivity index is 1.99. The van der Waals surface area contributed by atoms with Gasteiger partial charge in [0, 0.05) is 11.6 Å². The van der Waals surface area contributed by atoms with E-state index in [1.165, 1.54) is 11.0 Å². The summed E-state index contributed by atoms with van der Waals surface area (Å²) >= 11 is 0. The number of carboxylic acids is 1. The lowest BCUT2D eigenvalue weighted by Gasteiger charge is -2.26. The summed E-state index contributed by atoms with van der Waals surface area (Å²) in [6.07, 6.45) is 4.67. The molecule has 0 aliphatic carbocycles. The Hall–Kier alpha value is -3.33. The first kappa shape index (κ1) is 26.3. The maximum absolute atomic E-state index is 14.4. The van der Waals surface area contributed by atoms with Crippen molar-refractivity contribution in [2.45, 2.75) is 58.0 Å². The number of hydrogen-bond donors (Lipinski definition) is 2. The van der Waals surface area contributed by atoms with Gasteiger partial charge in [0.25, 0.3) is 5.91 Å². The highest BCUT2D eigenvalue weighted by molar-refractivity contribution is 6.10. The van der Waals surface area contributed by atoms with E-state index in [9.17, 15) is 28.3 Å². The molecule has 0 saturated carbocycles. The minimum absolute atomic E-state index is 0.0841. The molecule has 3 rings (SSSR count). The lowest BCUT2D eigenvalue weighted by atomic mass is 10.0. The molecule has 3 N–H and O–H groups in total. The first-order valence-corrected chi connectivity index (χ1v) is 11.9. The number of carbonyl (C=O) groups is 3. The summed E-state index contributed by atoms with van der Waals surface area (Å²) in [5.41, 5.74) is 6.97. The maximum atomic E-state index is 14.4. The molecule has 2 amide bonds. The molecule has 0 fully saturated rings. The van der Waals surface area contributed by atoms with Crippen LogP contribution in [0.2, 0.25) is 0 Å². The molecule has 0 bridgehead atoms. The van der Waals surface area contributed by atoms with E-state index in [1.807, 2.05) is 6.07 Å². The number of nitrogens with two attached hydrogens (primary N) is 1. The fraction of sp³-hybridized carbons (Fsp3) is 0.423. The fourth-order valence-electron chi connectivity index (χ4n) is 4.34. The number of aliphatic carboxylic acids is 1. The second kappa shape index (κ2) is 11.9. The smallest absolute Gasteiger partial charge is 0.326 e. The van der Waals surface area contributed by atoms with Crippen LogP contribution in [0, 0.1) is 11.6 Å². The summed E-state index contributed by atoms with van der Waals surface area (Å²) in [7, 11) is 0. The minimum Gasteiger partial charge on any atom is -0.480 e. The molecule has 7 nitrogen and oxygen atoms in total. The Labute approximate surface area is 203 Å². The zero-order valence-corrected chi connectivity index (χ0v) is 19.8. The van der Waals surface area contributed by atoms with E-state index in [-0.39, 0.29) is 29.8 Å². The van der Waals surface area contributed by atoms with E-state index in [4.69, 9.17) is 5.73 Å². The third kappa shape index (κ3) is 6.22. The van der Waals surface area contributed by atoms with Crippen molar-refractivity contribution >= 4 is 23.5 Å². The van der Waals surface area contributed by atoms with Crippen LogP contribution in [0.4, 0.5) is 14.5 Å². The number of nitrogens with zero attached hydrogens (tertiary/aromatic N) is 2. The van der Waals surface area contributed by atoms with Crippen molar-refractivity contribution in [3.05, 3.63) is 64.7 Å². The Bertz CT molecular complexity index is 1090. The number of carboxylic acid groups (broad SMARTS) is 1. The van der Waals surface area contributed by atoms with Crippen LogP contribution in [0.3, 0.4) is 0 Å². The molecule has 1 aliphatic heterocycles. The number of unbranched alkanes of at least 4 members (excludes halogenated alkanes) is 3. The van der Waals surface area contributed by atoms with Gasteiger partial charge >= 0.3 is 5.97 Å². The van der Waals surface area contributed by atoms with Gasteiger partial charge in [0.1, 0.15) is 24.2 Å². The molecular formula is C26H31F2N3O4. The summed E-state index contributed by atoms with van der Waals surface area (Å²) in [4.78, 5) is 40.9. The third-order valence-corrected chi connectivity index (χ3v) is 6.26. The predicted molar refractivity (Wildman–Crippen MR) is 128 cm³/mol. The van der Waals surface area contributed by atoms with Gasteiger partial charge in [-0.25, -0.2) is 13.6 Å². The Morgan fingerprint density at radius 2 is 1.83 bits per heavy atom. The predicted octanol–water partition coefficient (Wildman–Crippen LogP) is 3.88. The van der Waals surface area contributed by atoms with Gasteiger partial charge in [-0.1, -0.05) is 31.9 Å². The van der Waals surface area contributed by atoms with Gasteiger partial charge in [-0.2, -0.15) is 0 Å². The molecular weight excluding hydrogens is 456 g/mol. The molecule has 2 aromatic rings. The number of anilines is 1. The van der Waals surface area contributed by atoms with Gasteiger partial charge in [0.15, 0.2) is 0 Å². The molecule has 1 unspecified atom stereocenters. The number of carbonyl (C=O) groups excluding carboxylic acids is 2. The lowest BCUT2D eigenvalue weighted by molar-refractivity contribution is -0.142. The van der Waals surface area contributed by atoms with Crippen LogP contribution >= 0.6 is 0 Å². The van der Waals surface area contributed by atoms with Crippen molar-refractivity contribution in [1.82, 2.24) is 4.90 Å². The van der Waals surface area contributed by atoms with Crippen LogP contribution in [-0.4, -0.2) is 46.9 Å². The van der Waals surface area contributed by atoms with Crippen LogP contribution in [0.1, 0.15) is 60.5 Å². The van der Waals surface area contributed by atoms with Crippen LogP contribution in [0.15, 0.2) is 36.4 Å². The molecule has 188 valence electrons. The first-order valence-electron chi connectivity index (χ1n) is 11.9. The van der Waals surface area contributed by atoms with Crippen LogP contribution < -0.4 is 10.6 Å². The summed E-state index contributed by atoms with van der Waals surface area (Å²) in [6.45, 7) is 1.59. The Morgan fingerprint density at radius 3 is 2.49 bits per heavy atom. The highest BCUT2D eigenvalue weighted by Crippen LogP contribution is 2.31. The van der Waals surface area contributed by atoms with Gasteiger partial charge in [0.2, 0.25) is 5.91 Å². The molecule has 1 heterocycles. The maximum Gasteiger partial charge on any atom is 0.326 e. The quantitative estimate of drug-likeness (QED) is 0.468. The highest BCUT2D eigenvalue weighted by Gasteiger charge is 2.37. The van der Waals surface area contributed by atoms with E-state index in [1.54, 1.807) is 19.1 Å². The van der Waals surface area contributed by atoms with Crippen molar-refractivity contribution in [2.24, 2.45) is 5.73 Å². The van der Waals surface area contributed by atoms with E-state index < -0.39 is 42.0 Å². The van der Waals surface area contributed by atoms with Gasteiger partial charge in [-0.05, 0) is 56.0 Å². The number of benzene rings is 2. The minimum atomic E-state index is -1.20. The summed E-state index contributed by atoms with van der Waals surface area (Å²) in [5.74, 6) is -3.86. The van der Waals surface area contributed by atoms with E-state index >= 15 is 0 Å². The molecule has 35 heavy (non-hydrogen) atoms. The van der Waals surface area contributed by atoms with E-state index in [0.717, 1.165) is 48.3 Å². The molecule has 9 heteroatoms. The molecule has 0 radical (unpaired) electrons. The number of hydrogen-bond acceptors (Lipinski definition) is 4. The largest absolute Gasteiger partial charge is 0.480 e. The van der Waals surface area contributed by atoms with E-state index in [0.29, 0.717) is 13.0 Å². The summed E-state index contributed by atoms with van der Waals surface area (Å²) in [6, 6.07) is 7.07. The van der Waals surface area contributed by atoms with E-state index in [2.05, 4.69) is 0 Å². The van der Waals surface area contributed by atoms with Gasteiger partial charge < -0.3 is 20.6 Å². The normalized spacial score (nSPS) is 14.6. The lowest BCUT2D eigenvalue weighted by Crippen LogP contribution is -2.48. The van der Waals surface area contributed by atoms with Crippen molar-refractivity contribution in [2.75, 3.05) is 18.0 Å². The SMILES string of the molecule is CCC(C(=O)O)N1CC(=O)N(Cc2ccc(F)cc2F)c2ccc(CCCCCCN)cc2C1=O. The number of halogens is 2. The van der Waals surface area contributed by atoms with Crippen molar-refractivity contribution in [3.8, 4) is 0 Å². The summed E-state index contributed by atoms with van der Waals surface area (Å²) in [5, 5.41) is 9.66. The number of fused-ring (bicyclic) bond motifs is 1. The number of aryl methyl sites for hydroxylation is 1. The monoisotopic (exact) mass is 487 g/mol. The zero-order chi connectivity index (χ0) is 25.5. The van der Waals surface area contributed by atoms with Crippen molar-refractivity contribution < 1.29 is 28.3 Å². The molecule has 0 spiro atoms. The standard InChI is InChI=1S/C26H31F2N3O4/c1-2-22(26(34)35)31-16-24(32)30(15-18-9-10-19(27)14-21(18)28)23-11-8-17(13-20(23)25(31)33)7-5-3-4-6-12-29/h8-11,13-14,22H,2-7,12,15-16,29H2,1H3,(H,34,35). The van der Waals surface area contributed by atoms with Crippen LogP contribution in [0.5, 0.6) is 0 Å². The molecule has 1 atom stereocenters. The first-order chi connectivity index (χ1) is 16.8. The van der Waals surface area contributed by atoms with Gasteiger partial charge in [-0.3, -0.25) is 9.59 Å².